The van der Waals surface area contributed by atoms with Crippen LogP contribution in [-0.2, 0) is 9.84 Å². The summed E-state index contributed by atoms with van der Waals surface area (Å²) in [6, 6.07) is 11.6. The Morgan fingerprint density at radius 3 is 2.20 bits per heavy atom. The van der Waals surface area contributed by atoms with Gasteiger partial charge in [-0.25, -0.2) is 8.42 Å². The molecule has 2 rings (SSSR count). The summed E-state index contributed by atoms with van der Waals surface area (Å²) in [6.45, 7) is 0. The van der Waals surface area contributed by atoms with E-state index in [-0.39, 0.29) is 16.3 Å². The van der Waals surface area contributed by atoms with E-state index >= 15 is 0 Å². The molecule has 2 aromatic rings. The van der Waals surface area contributed by atoms with Gasteiger partial charge in [0, 0.05) is 12.3 Å². The predicted octanol–water partition coefficient (Wildman–Crippen LogP) is 2.79. The minimum Gasteiger partial charge on any atom is -0.450 e. The molecule has 0 bridgehead atoms. The highest BCUT2D eigenvalue weighted by atomic mass is 32.2. The molecule has 0 aliphatic rings. The van der Waals surface area contributed by atoms with Crippen LogP contribution in [0, 0.1) is 10.1 Å². The van der Waals surface area contributed by atoms with Crippen molar-refractivity contribution in [3.8, 4) is 11.5 Å². The molecule has 20 heavy (non-hydrogen) atoms. The standard InChI is InChI=1S/C13H11NO5S/c1-20(17,18)11-8-6-10(7-9-11)19-13-5-3-2-4-12(13)14(15)16/h2-9H,1H3. The summed E-state index contributed by atoms with van der Waals surface area (Å²) in [5.41, 5.74) is -0.153. The molecule has 0 saturated heterocycles. The van der Waals surface area contributed by atoms with Crippen molar-refractivity contribution in [3.63, 3.8) is 0 Å². The summed E-state index contributed by atoms with van der Waals surface area (Å²) in [6.07, 6.45) is 1.10. The van der Waals surface area contributed by atoms with Gasteiger partial charge >= 0.3 is 5.69 Å². The normalized spacial score (nSPS) is 11.1. The monoisotopic (exact) mass is 293 g/mol. The molecule has 6 nitrogen and oxygen atoms in total. The fourth-order valence-electron chi connectivity index (χ4n) is 1.58. The number of hydrogen-bond donors (Lipinski definition) is 0. The maximum absolute atomic E-state index is 11.3. The average Bonchev–Trinajstić information content (AvgIpc) is 2.38. The lowest BCUT2D eigenvalue weighted by atomic mass is 10.3. The molecule has 2 aromatic carbocycles. The van der Waals surface area contributed by atoms with Crippen molar-refractivity contribution in [1.82, 2.24) is 0 Å². The predicted molar refractivity (Wildman–Crippen MR) is 72.7 cm³/mol. The van der Waals surface area contributed by atoms with E-state index in [9.17, 15) is 18.5 Å². The van der Waals surface area contributed by atoms with E-state index in [1.807, 2.05) is 0 Å². The Hall–Kier alpha value is -2.41. The Kier molecular flexibility index (Phi) is 3.71. The van der Waals surface area contributed by atoms with Crippen LogP contribution in [0.3, 0.4) is 0 Å². The summed E-state index contributed by atoms with van der Waals surface area (Å²) in [4.78, 5) is 10.5. The highest BCUT2D eigenvalue weighted by Crippen LogP contribution is 2.31. The smallest absolute Gasteiger partial charge is 0.311 e. The highest BCUT2D eigenvalue weighted by Gasteiger charge is 2.14. The van der Waals surface area contributed by atoms with E-state index < -0.39 is 14.8 Å². The van der Waals surface area contributed by atoms with Crippen LogP contribution in [0.15, 0.2) is 53.4 Å². The van der Waals surface area contributed by atoms with Gasteiger partial charge in [-0.3, -0.25) is 10.1 Å². The second-order valence-electron chi connectivity index (χ2n) is 4.07. The van der Waals surface area contributed by atoms with Crippen LogP contribution < -0.4 is 4.74 Å². The van der Waals surface area contributed by atoms with Crippen LogP contribution in [0.5, 0.6) is 11.5 Å². The first-order valence-electron chi connectivity index (χ1n) is 5.59. The van der Waals surface area contributed by atoms with E-state index in [1.165, 1.54) is 42.5 Å². The van der Waals surface area contributed by atoms with Crippen molar-refractivity contribution in [2.75, 3.05) is 6.26 Å². The lowest BCUT2D eigenvalue weighted by Gasteiger charge is -2.06. The van der Waals surface area contributed by atoms with Crippen molar-refractivity contribution in [3.05, 3.63) is 58.6 Å². The quantitative estimate of drug-likeness (QED) is 0.639. The molecule has 0 atom stereocenters. The minimum absolute atomic E-state index is 0.101. The fraction of sp³-hybridized carbons (Fsp3) is 0.0769. The van der Waals surface area contributed by atoms with Crippen LogP contribution in [0.4, 0.5) is 5.69 Å². The number of sulfone groups is 1. The average molecular weight is 293 g/mol. The molecule has 0 amide bonds. The summed E-state index contributed by atoms with van der Waals surface area (Å²) in [7, 11) is -3.28. The van der Waals surface area contributed by atoms with Gasteiger partial charge in [0.15, 0.2) is 9.84 Å². The SMILES string of the molecule is CS(=O)(=O)c1ccc(Oc2ccccc2[N+](=O)[O-])cc1. The minimum atomic E-state index is -3.28. The van der Waals surface area contributed by atoms with Crippen molar-refractivity contribution in [1.29, 1.82) is 0 Å². The number of para-hydroxylation sites is 2. The van der Waals surface area contributed by atoms with Crippen molar-refractivity contribution in [2.45, 2.75) is 4.90 Å². The Morgan fingerprint density at radius 2 is 1.65 bits per heavy atom. The second-order valence-corrected chi connectivity index (χ2v) is 6.09. The van der Waals surface area contributed by atoms with Crippen LogP contribution in [0.2, 0.25) is 0 Å². The molecule has 0 unspecified atom stereocenters. The molecule has 0 spiro atoms. The Balaban J connectivity index is 2.30. The first-order chi connectivity index (χ1) is 9.38. The van der Waals surface area contributed by atoms with Gasteiger partial charge in [-0.15, -0.1) is 0 Å². The topological polar surface area (TPSA) is 86.5 Å². The third kappa shape index (κ3) is 3.12. The van der Waals surface area contributed by atoms with Crippen LogP contribution in [0.25, 0.3) is 0 Å². The molecule has 104 valence electrons. The summed E-state index contributed by atoms with van der Waals surface area (Å²) < 4.78 is 28.0. The molecular formula is C13H11NO5S. The van der Waals surface area contributed by atoms with Gasteiger partial charge in [-0.2, -0.15) is 0 Å². The molecule has 0 N–H and O–H groups in total. The number of nitro benzene ring substituents is 1. The van der Waals surface area contributed by atoms with E-state index in [2.05, 4.69) is 0 Å². The van der Waals surface area contributed by atoms with Gasteiger partial charge < -0.3 is 4.74 Å². The number of benzene rings is 2. The van der Waals surface area contributed by atoms with Crippen molar-refractivity contribution >= 4 is 15.5 Å². The van der Waals surface area contributed by atoms with E-state index in [4.69, 9.17) is 4.74 Å². The first-order valence-corrected chi connectivity index (χ1v) is 7.48. The summed E-state index contributed by atoms with van der Waals surface area (Å²) >= 11 is 0. The van der Waals surface area contributed by atoms with Crippen molar-refractivity contribution in [2.24, 2.45) is 0 Å². The zero-order chi connectivity index (χ0) is 14.8. The Labute approximate surface area is 115 Å². The van der Waals surface area contributed by atoms with Crippen LogP contribution >= 0.6 is 0 Å². The molecular weight excluding hydrogens is 282 g/mol. The zero-order valence-electron chi connectivity index (χ0n) is 10.5. The number of rotatable bonds is 4. The van der Waals surface area contributed by atoms with Gasteiger partial charge in [0.25, 0.3) is 0 Å². The van der Waals surface area contributed by atoms with Gasteiger partial charge in [-0.05, 0) is 30.3 Å². The second kappa shape index (κ2) is 5.30. The molecule has 0 aromatic heterocycles. The third-order valence-electron chi connectivity index (χ3n) is 2.54. The van der Waals surface area contributed by atoms with E-state index in [0.717, 1.165) is 6.26 Å². The van der Waals surface area contributed by atoms with Crippen LogP contribution in [0.1, 0.15) is 0 Å². The molecule has 0 aliphatic carbocycles. The molecule has 0 saturated carbocycles. The van der Waals surface area contributed by atoms with Gasteiger partial charge in [-0.1, -0.05) is 12.1 Å². The van der Waals surface area contributed by atoms with Gasteiger partial charge in [0.1, 0.15) is 5.75 Å². The fourth-order valence-corrected chi connectivity index (χ4v) is 2.21. The lowest BCUT2D eigenvalue weighted by molar-refractivity contribution is -0.385. The zero-order valence-corrected chi connectivity index (χ0v) is 11.3. The van der Waals surface area contributed by atoms with Crippen LogP contribution in [-0.4, -0.2) is 19.6 Å². The first kappa shape index (κ1) is 14.0. The van der Waals surface area contributed by atoms with E-state index in [1.54, 1.807) is 6.07 Å². The molecule has 0 fully saturated rings. The number of ether oxygens (including phenoxy) is 1. The number of nitrogens with zero attached hydrogens (tertiary/aromatic N) is 1. The highest BCUT2D eigenvalue weighted by molar-refractivity contribution is 7.90. The van der Waals surface area contributed by atoms with Gasteiger partial charge in [0.2, 0.25) is 5.75 Å². The third-order valence-corrected chi connectivity index (χ3v) is 3.67. The summed E-state index contributed by atoms with van der Waals surface area (Å²) in [5.74, 6) is 0.427. The van der Waals surface area contributed by atoms with Gasteiger partial charge in [0.05, 0.1) is 9.82 Å². The Morgan fingerprint density at radius 1 is 1.05 bits per heavy atom. The number of hydrogen-bond acceptors (Lipinski definition) is 5. The molecule has 0 aliphatic heterocycles. The van der Waals surface area contributed by atoms with E-state index in [0.29, 0.717) is 5.75 Å². The largest absolute Gasteiger partial charge is 0.450 e. The molecule has 0 radical (unpaired) electrons. The van der Waals surface area contributed by atoms with Crippen molar-refractivity contribution < 1.29 is 18.1 Å². The number of nitro groups is 1. The summed E-state index contributed by atoms with van der Waals surface area (Å²) in [5, 5.41) is 10.8. The Bertz CT molecular complexity index is 738. The molecule has 0 heterocycles. The maximum Gasteiger partial charge on any atom is 0.311 e. The molecule has 7 heteroatoms. The lowest BCUT2D eigenvalue weighted by Crippen LogP contribution is -1.97. The maximum atomic E-state index is 11.3.